The van der Waals surface area contributed by atoms with E-state index in [0.29, 0.717) is 11.3 Å². The first-order valence-electron chi connectivity index (χ1n) is 8.81. The Bertz CT molecular complexity index is 924. The summed E-state index contributed by atoms with van der Waals surface area (Å²) in [6.07, 6.45) is 0.0129. The number of amides is 2. The summed E-state index contributed by atoms with van der Waals surface area (Å²) in [5.74, 6) is -0.655. The van der Waals surface area contributed by atoms with Gasteiger partial charge in [-0.05, 0) is 49.7 Å². The summed E-state index contributed by atoms with van der Waals surface area (Å²) in [5.41, 5.74) is 0.976. The van der Waals surface area contributed by atoms with Crippen molar-refractivity contribution in [1.82, 2.24) is 0 Å². The zero-order valence-corrected chi connectivity index (χ0v) is 16.3. The Balaban J connectivity index is 2.00. The highest BCUT2D eigenvalue weighted by molar-refractivity contribution is 8.04. The molecular weight excluding hydrogens is 381 g/mol. The van der Waals surface area contributed by atoms with Crippen LogP contribution in [0.5, 0.6) is 5.75 Å². The van der Waals surface area contributed by atoms with Crippen LogP contribution >= 0.6 is 11.8 Å². The van der Waals surface area contributed by atoms with E-state index in [2.05, 4.69) is 0 Å². The molecular formula is C21H20FNO4S. The van der Waals surface area contributed by atoms with Crippen LogP contribution in [0.2, 0.25) is 0 Å². The zero-order valence-electron chi connectivity index (χ0n) is 15.5. The Hall–Kier alpha value is -2.64. The lowest BCUT2D eigenvalue weighted by Gasteiger charge is -2.15. The number of imide groups is 1. The van der Waals surface area contributed by atoms with E-state index in [4.69, 9.17) is 9.84 Å². The van der Waals surface area contributed by atoms with Gasteiger partial charge in [0.15, 0.2) is 0 Å². The number of aliphatic hydroxyl groups is 1. The summed E-state index contributed by atoms with van der Waals surface area (Å²) >= 11 is 1.11. The van der Waals surface area contributed by atoms with Crippen molar-refractivity contribution < 1.29 is 23.8 Å². The molecule has 5 nitrogen and oxygen atoms in total. The average Bonchev–Trinajstić information content (AvgIpc) is 2.90. The lowest BCUT2D eigenvalue weighted by atomic mass is 10.1. The highest BCUT2D eigenvalue weighted by Gasteiger charge is 2.40. The van der Waals surface area contributed by atoms with Crippen LogP contribution in [0.25, 0.3) is 5.57 Å². The SMILES string of the molecule is CC(C)Oc1ccc(C2=C(SCCO)C(=O)N(c3cccc(F)c3)C2=O)cc1. The first kappa shape index (κ1) is 20.1. The first-order chi connectivity index (χ1) is 13.4. The van der Waals surface area contributed by atoms with Crippen LogP contribution in [0.3, 0.4) is 0 Å². The molecule has 0 saturated carbocycles. The highest BCUT2D eigenvalue weighted by atomic mass is 32.2. The highest BCUT2D eigenvalue weighted by Crippen LogP contribution is 2.38. The number of anilines is 1. The maximum atomic E-state index is 13.6. The molecule has 0 saturated heterocycles. The van der Waals surface area contributed by atoms with E-state index in [0.717, 1.165) is 22.7 Å². The van der Waals surface area contributed by atoms with Crippen molar-refractivity contribution in [2.45, 2.75) is 20.0 Å². The number of hydrogen-bond acceptors (Lipinski definition) is 5. The van der Waals surface area contributed by atoms with Crippen molar-refractivity contribution in [3.63, 3.8) is 0 Å². The number of benzene rings is 2. The predicted molar refractivity (Wildman–Crippen MR) is 108 cm³/mol. The molecule has 3 rings (SSSR count). The molecule has 7 heteroatoms. The number of aliphatic hydroxyl groups excluding tert-OH is 1. The van der Waals surface area contributed by atoms with Crippen LogP contribution in [0.1, 0.15) is 19.4 Å². The minimum atomic E-state index is -0.536. The summed E-state index contributed by atoms with van der Waals surface area (Å²) in [7, 11) is 0. The van der Waals surface area contributed by atoms with E-state index >= 15 is 0 Å². The van der Waals surface area contributed by atoms with Crippen molar-refractivity contribution in [2.24, 2.45) is 0 Å². The minimum absolute atomic E-state index is 0.0129. The minimum Gasteiger partial charge on any atom is -0.491 e. The third-order valence-corrected chi connectivity index (χ3v) is 5.01. The molecule has 28 heavy (non-hydrogen) atoms. The van der Waals surface area contributed by atoms with Gasteiger partial charge < -0.3 is 9.84 Å². The normalized spacial score (nSPS) is 14.4. The summed E-state index contributed by atoms with van der Waals surface area (Å²) in [6.45, 7) is 3.69. The van der Waals surface area contributed by atoms with Gasteiger partial charge in [0.1, 0.15) is 11.6 Å². The fourth-order valence-electron chi connectivity index (χ4n) is 2.87. The predicted octanol–water partition coefficient (Wildman–Crippen LogP) is 3.62. The standard InChI is InChI=1S/C21H20FNO4S/c1-13(2)27-17-8-6-14(7-9-17)18-19(28-11-10-24)21(26)23(20(18)25)16-5-3-4-15(22)12-16/h3-9,12-13,24H,10-11H2,1-2H3. The lowest BCUT2D eigenvalue weighted by Crippen LogP contribution is -2.31. The van der Waals surface area contributed by atoms with Gasteiger partial charge in [-0.1, -0.05) is 18.2 Å². The number of halogens is 1. The summed E-state index contributed by atoms with van der Waals surface area (Å²) in [5, 5.41) is 9.16. The second kappa shape index (κ2) is 8.58. The zero-order chi connectivity index (χ0) is 20.3. The van der Waals surface area contributed by atoms with Gasteiger partial charge in [-0.3, -0.25) is 9.59 Å². The monoisotopic (exact) mass is 401 g/mol. The summed E-state index contributed by atoms with van der Waals surface area (Å²) in [6, 6.07) is 12.3. The van der Waals surface area contributed by atoms with E-state index in [1.807, 2.05) is 13.8 Å². The molecule has 0 aromatic heterocycles. The number of thioether (sulfide) groups is 1. The van der Waals surface area contributed by atoms with Crippen molar-refractivity contribution in [3.8, 4) is 5.75 Å². The van der Waals surface area contributed by atoms with Gasteiger partial charge in [0.05, 0.1) is 28.9 Å². The molecule has 0 spiro atoms. The van der Waals surface area contributed by atoms with E-state index < -0.39 is 17.6 Å². The second-order valence-electron chi connectivity index (χ2n) is 6.39. The molecule has 2 aromatic carbocycles. The van der Waals surface area contributed by atoms with E-state index in [9.17, 15) is 14.0 Å². The van der Waals surface area contributed by atoms with Crippen molar-refractivity contribution >= 4 is 34.8 Å². The van der Waals surface area contributed by atoms with Crippen molar-refractivity contribution in [3.05, 3.63) is 64.8 Å². The van der Waals surface area contributed by atoms with Crippen molar-refractivity contribution in [2.75, 3.05) is 17.3 Å². The number of rotatable bonds is 7. The summed E-state index contributed by atoms with van der Waals surface area (Å²) in [4.78, 5) is 27.2. The molecule has 146 valence electrons. The molecule has 0 unspecified atom stereocenters. The smallest absolute Gasteiger partial charge is 0.272 e. The second-order valence-corrected chi connectivity index (χ2v) is 7.50. The van der Waals surface area contributed by atoms with Crippen LogP contribution in [-0.4, -0.2) is 35.4 Å². The van der Waals surface area contributed by atoms with Gasteiger partial charge >= 0.3 is 0 Å². The number of hydrogen-bond donors (Lipinski definition) is 1. The Morgan fingerprint density at radius 3 is 2.43 bits per heavy atom. The van der Waals surface area contributed by atoms with Crippen molar-refractivity contribution in [1.29, 1.82) is 0 Å². The molecule has 2 amide bonds. The molecule has 0 bridgehead atoms. The fourth-order valence-corrected chi connectivity index (χ4v) is 3.73. The number of ether oxygens (including phenoxy) is 1. The Morgan fingerprint density at radius 2 is 1.82 bits per heavy atom. The lowest BCUT2D eigenvalue weighted by molar-refractivity contribution is -0.119. The van der Waals surface area contributed by atoms with E-state index in [-0.39, 0.29) is 34.6 Å². The topological polar surface area (TPSA) is 66.8 Å². The molecule has 0 atom stereocenters. The number of nitrogens with zero attached hydrogens (tertiary/aromatic N) is 1. The molecule has 1 aliphatic rings. The van der Waals surface area contributed by atoms with Gasteiger partial charge in [0, 0.05) is 5.75 Å². The Kier molecular flexibility index (Phi) is 6.16. The third-order valence-electron chi connectivity index (χ3n) is 3.96. The molecule has 2 aromatic rings. The van der Waals surface area contributed by atoms with Gasteiger partial charge in [-0.15, -0.1) is 11.8 Å². The van der Waals surface area contributed by atoms with Crippen LogP contribution < -0.4 is 9.64 Å². The Labute approximate surface area is 166 Å². The number of carbonyl (C=O) groups excluding carboxylic acids is 2. The van der Waals surface area contributed by atoms with E-state index in [1.54, 1.807) is 24.3 Å². The average molecular weight is 401 g/mol. The van der Waals surface area contributed by atoms with Gasteiger partial charge in [-0.2, -0.15) is 0 Å². The van der Waals surface area contributed by atoms with Crippen LogP contribution in [0, 0.1) is 5.82 Å². The summed E-state index contributed by atoms with van der Waals surface area (Å²) < 4.78 is 19.2. The van der Waals surface area contributed by atoms with E-state index in [1.165, 1.54) is 18.2 Å². The maximum Gasteiger partial charge on any atom is 0.272 e. The third kappa shape index (κ3) is 4.10. The quantitative estimate of drug-likeness (QED) is 0.718. The van der Waals surface area contributed by atoms with Crippen LogP contribution in [0.15, 0.2) is 53.4 Å². The molecule has 0 fully saturated rings. The molecule has 1 heterocycles. The number of carbonyl (C=O) groups is 2. The fraction of sp³-hybridized carbons (Fsp3) is 0.238. The molecule has 0 radical (unpaired) electrons. The van der Waals surface area contributed by atoms with Gasteiger partial charge in [0.25, 0.3) is 11.8 Å². The molecule has 1 N–H and O–H groups in total. The largest absolute Gasteiger partial charge is 0.491 e. The van der Waals surface area contributed by atoms with Gasteiger partial charge in [-0.25, -0.2) is 9.29 Å². The Morgan fingerprint density at radius 1 is 1.11 bits per heavy atom. The van der Waals surface area contributed by atoms with Gasteiger partial charge in [0.2, 0.25) is 0 Å². The molecule has 1 aliphatic heterocycles. The molecule has 0 aliphatic carbocycles. The van der Waals surface area contributed by atoms with Crippen LogP contribution in [-0.2, 0) is 9.59 Å². The van der Waals surface area contributed by atoms with Crippen LogP contribution in [0.4, 0.5) is 10.1 Å². The first-order valence-corrected chi connectivity index (χ1v) is 9.80. The maximum absolute atomic E-state index is 13.6.